The number of hydrogen-bond acceptors (Lipinski definition) is 4. The van der Waals surface area contributed by atoms with Crippen LogP contribution >= 0.6 is 0 Å². The minimum Gasteiger partial charge on any atom is -0.337 e. The number of fused-ring (bicyclic) bond motifs is 1. The van der Waals surface area contributed by atoms with E-state index in [4.69, 9.17) is 0 Å². The molecule has 1 aliphatic carbocycles. The zero-order valence-electron chi connectivity index (χ0n) is 12.2. The number of hydrogen-bond donors (Lipinski definition) is 2. The maximum absolute atomic E-state index is 12.3. The number of nitriles is 1. The van der Waals surface area contributed by atoms with Gasteiger partial charge in [0.05, 0.1) is 12.6 Å². The van der Waals surface area contributed by atoms with E-state index in [0.717, 1.165) is 32.5 Å². The van der Waals surface area contributed by atoms with E-state index >= 15 is 0 Å². The van der Waals surface area contributed by atoms with Crippen molar-refractivity contribution in [3.05, 3.63) is 0 Å². The van der Waals surface area contributed by atoms with Crippen LogP contribution in [-0.4, -0.2) is 48.6 Å². The van der Waals surface area contributed by atoms with Crippen molar-refractivity contribution in [2.75, 3.05) is 26.2 Å². The highest BCUT2D eigenvalue weighted by Crippen LogP contribution is 2.39. The van der Waals surface area contributed by atoms with Gasteiger partial charge in [-0.15, -0.1) is 0 Å². The van der Waals surface area contributed by atoms with Crippen LogP contribution in [0.2, 0.25) is 0 Å². The van der Waals surface area contributed by atoms with E-state index in [1.54, 1.807) is 0 Å². The van der Waals surface area contributed by atoms with Crippen molar-refractivity contribution in [2.24, 2.45) is 11.8 Å². The largest absolute Gasteiger partial charge is 0.337 e. The number of nitrogens with one attached hydrogen (secondary N) is 2. The Morgan fingerprint density at radius 1 is 1.45 bits per heavy atom. The van der Waals surface area contributed by atoms with Gasteiger partial charge in [-0.3, -0.25) is 9.69 Å². The molecular weight excluding hydrogens is 252 g/mol. The van der Waals surface area contributed by atoms with Gasteiger partial charge in [-0.25, -0.2) is 0 Å². The summed E-state index contributed by atoms with van der Waals surface area (Å²) in [6, 6.07) is 2.80. The third-order valence-corrected chi connectivity index (χ3v) is 5.17. The van der Waals surface area contributed by atoms with Gasteiger partial charge in [0, 0.05) is 12.6 Å². The summed E-state index contributed by atoms with van der Waals surface area (Å²) >= 11 is 0. The normalized spacial score (nSPS) is 33.0. The van der Waals surface area contributed by atoms with Gasteiger partial charge in [0.15, 0.2) is 0 Å². The van der Waals surface area contributed by atoms with Crippen LogP contribution < -0.4 is 10.6 Å². The van der Waals surface area contributed by atoms with E-state index in [9.17, 15) is 10.1 Å². The second-order valence-electron chi connectivity index (χ2n) is 6.73. The molecule has 0 aromatic heterocycles. The molecule has 1 saturated carbocycles. The van der Waals surface area contributed by atoms with Crippen molar-refractivity contribution in [2.45, 2.75) is 44.2 Å². The number of carbonyl (C=O) groups is 1. The van der Waals surface area contributed by atoms with Gasteiger partial charge in [-0.2, -0.15) is 5.26 Å². The fourth-order valence-electron chi connectivity index (χ4n) is 3.76. The van der Waals surface area contributed by atoms with Gasteiger partial charge in [0.1, 0.15) is 5.54 Å². The Morgan fingerprint density at radius 3 is 2.95 bits per heavy atom. The monoisotopic (exact) mass is 276 g/mol. The molecule has 2 N–H and O–H groups in total. The maximum atomic E-state index is 12.3. The predicted molar refractivity (Wildman–Crippen MR) is 75.8 cm³/mol. The number of nitrogens with zero attached hydrogens (tertiary/aromatic N) is 2. The Labute approximate surface area is 120 Å². The molecule has 3 unspecified atom stereocenters. The smallest absolute Gasteiger partial charge is 0.235 e. The molecule has 2 aliphatic heterocycles. The fraction of sp³-hybridized carbons (Fsp3) is 0.867. The number of carbonyl (C=O) groups excluding carboxylic acids is 1. The van der Waals surface area contributed by atoms with Crippen molar-refractivity contribution in [1.29, 1.82) is 5.26 Å². The van der Waals surface area contributed by atoms with Crippen molar-refractivity contribution in [1.82, 2.24) is 15.5 Å². The van der Waals surface area contributed by atoms with Crippen LogP contribution in [0.1, 0.15) is 32.6 Å². The lowest BCUT2D eigenvalue weighted by Gasteiger charge is -2.37. The molecular formula is C15H24N4O. The maximum Gasteiger partial charge on any atom is 0.235 e. The highest BCUT2D eigenvalue weighted by Gasteiger charge is 2.43. The minimum absolute atomic E-state index is 0.00787. The molecule has 3 aliphatic rings. The average molecular weight is 276 g/mol. The topological polar surface area (TPSA) is 68.2 Å². The molecule has 110 valence electrons. The highest BCUT2D eigenvalue weighted by molar-refractivity contribution is 5.79. The Hall–Kier alpha value is -1.12. The first-order valence-corrected chi connectivity index (χ1v) is 7.79. The molecule has 20 heavy (non-hydrogen) atoms. The standard InChI is InChI=1S/C15H24N4O/c1-15(10-16,12-4-5-12)18-14(20)9-19-6-2-3-11-7-17-8-13(11)19/h11-13,17H,2-9H2,1H3,(H,18,20). The summed E-state index contributed by atoms with van der Waals surface area (Å²) in [6.45, 7) is 5.38. The van der Waals surface area contributed by atoms with E-state index in [0.29, 0.717) is 24.4 Å². The lowest BCUT2D eigenvalue weighted by atomic mass is 9.92. The SMILES string of the molecule is CC(C#N)(NC(=O)CN1CCCC2CNCC21)C1CC1. The van der Waals surface area contributed by atoms with E-state index in [2.05, 4.69) is 21.6 Å². The van der Waals surface area contributed by atoms with E-state index < -0.39 is 5.54 Å². The number of amides is 1. The summed E-state index contributed by atoms with van der Waals surface area (Å²) in [5.41, 5.74) is -0.666. The number of likely N-dealkylation sites (tertiary alicyclic amines) is 1. The van der Waals surface area contributed by atoms with Crippen molar-refractivity contribution in [3.63, 3.8) is 0 Å². The minimum atomic E-state index is -0.666. The number of rotatable bonds is 4. The van der Waals surface area contributed by atoms with Crippen LogP contribution in [0.25, 0.3) is 0 Å². The van der Waals surface area contributed by atoms with E-state index in [-0.39, 0.29) is 5.91 Å². The fourth-order valence-corrected chi connectivity index (χ4v) is 3.76. The summed E-state index contributed by atoms with van der Waals surface area (Å²) < 4.78 is 0. The second kappa shape index (κ2) is 5.34. The third kappa shape index (κ3) is 2.68. The van der Waals surface area contributed by atoms with Crippen molar-refractivity contribution < 1.29 is 4.79 Å². The van der Waals surface area contributed by atoms with Crippen molar-refractivity contribution in [3.8, 4) is 6.07 Å². The molecule has 0 spiro atoms. The van der Waals surface area contributed by atoms with Crippen LogP contribution in [0, 0.1) is 23.2 Å². The summed E-state index contributed by atoms with van der Waals surface area (Å²) in [7, 11) is 0. The summed E-state index contributed by atoms with van der Waals surface area (Å²) in [5.74, 6) is 1.05. The Kier molecular flexibility index (Phi) is 3.70. The zero-order chi connectivity index (χ0) is 14.2. The van der Waals surface area contributed by atoms with E-state index in [1.165, 1.54) is 12.8 Å². The molecule has 3 rings (SSSR count). The lowest BCUT2D eigenvalue weighted by Crippen LogP contribution is -2.54. The van der Waals surface area contributed by atoms with Gasteiger partial charge < -0.3 is 10.6 Å². The van der Waals surface area contributed by atoms with Gasteiger partial charge >= 0.3 is 0 Å². The van der Waals surface area contributed by atoms with E-state index in [1.807, 2.05) is 6.92 Å². The van der Waals surface area contributed by atoms with Gasteiger partial charge in [0.25, 0.3) is 0 Å². The molecule has 0 bridgehead atoms. The van der Waals surface area contributed by atoms with Crippen LogP contribution in [-0.2, 0) is 4.79 Å². The Balaban J connectivity index is 1.57. The predicted octanol–water partition coefficient (Wildman–Crippen LogP) is 0.479. The highest BCUT2D eigenvalue weighted by atomic mass is 16.2. The molecule has 2 saturated heterocycles. The molecule has 0 radical (unpaired) electrons. The van der Waals surface area contributed by atoms with Crippen LogP contribution in [0.15, 0.2) is 0 Å². The molecule has 3 atom stereocenters. The molecule has 0 aromatic carbocycles. The molecule has 5 heteroatoms. The Morgan fingerprint density at radius 2 is 2.25 bits per heavy atom. The van der Waals surface area contributed by atoms with Gasteiger partial charge in [0.2, 0.25) is 5.91 Å². The molecule has 5 nitrogen and oxygen atoms in total. The lowest BCUT2D eigenvalue weighted by molar-refractivity contribution is -0.124. The third-order valence-electron chi connectivity index (χ3n) is 5.17. The first-order chi connectivity index (χ1) is 9.62. The number of piperidine rings is 1. The summed E-state index contributed by atoms with van der Waals surface area (Å²) in [4.78, 5) is 14.6. The second-order valence-corrected chi connectivity index (χ2v) is 6.73. The van der Waals surface area contributed by atoms with Crippen LogP contribution in [0.4, 0.5) is 0 Å². The first kappa shape index (κ1) is 13.8. The Bertz CT molecular complexity index is 428. The summed E-state index contributed by atoms with van der Waals surface area (Å²) in [6.07, 6.45) is 4.56. The first-order valence-electron chi connectivity index (χ1n) is 7.79. The van der Waals surface area contributed by atoms with Gasteiger partial charge in [-0.05, 0) is 57.5 Å². The van der Waals surface area contributed by atoms with Gasteiger partial charge in [-0.1, -0.05) is 0 Å². The average Bonchev–Trinajstić information content (AvgIpc) is 3.18. The summed E-state index contributed by atoms with van der Waals surface area (Å²) in [5, 5.41) is 15.7. The molecule has 3 fully saturated rings. The van der Waals surface area contributed by atoms with Crippen LogP contribution in [0.5, 0.6) is 0 Å². The molecule has 1 amide bonds. The van der Waals surface area contributed by atoms with Crippen molar-refractivity contribution >= 4 is 5.91 Å². The quantitative estimate of drug-likeness (QED) is 0.783. The zero-order valence-corrected chi connectivity index (χ0v) is 12.2. The molecule has 2 heterocycles. The van der Waals surface area contributed by atoms with Crippen LogP contribution in [0.3, 0.4) is 0 Å². The molecule has 0 aromatic rings.